The van der Waals surface area contributed by atoms with Crippen molar-refractivity contribution in [1.82, 2.24) is 15.0 Å². The summed E-state index contributed by atoms with van der Waals surface area (Å²) in [5, 5.41) is 0.638. The first-order chi connectivity index (χ1) is 17.4. The van der Waals surface area contributed by atoms with E-state index in [1.807, 2.05) is 0 Å². The van der Waals surface area contributed by atoms with Crippen LogP contribution in [0.3, 0.4) is 0 Å². The molecule has 0 radical (unpaired) electrons. The molecule has 0 saturated carbocycles. The standard InChI is InChI=1S/C22H24B6ClF2N3O4/c23-19(24)9-20(25,17(37)32-16(19)36)33-8-10-7-12(3-6-14(10)15(33)35)22(26,27)34(28)18(38)21(30,31)11-1-4-13(29)5-2-11/h1-7H,8-9,23-28H2,(H,32,36,37)/t20-/m0/s1. The number of rotatable bonds is 5. The lowest BCUT2D eigenvalue weighted by Crippen LogP contribution is -2.67. The van der Waals surface area contributed by atoms with E-state index in [2.05, 4.69) is 5.32 Å². The van der Waals surface area contributed by atoms with Gasteiger partial charge in [0, 0.05) is 22.7 Å². The number of amides is 4. The topological polar surface area (TPSA) is 86.8 Å². The van der Waals surface area contributed by atoms with E-state index in [-0.39, 0.29) is 23.9 Å². The molecule has 2 aromatic rings. The molecule has 7 nitrogen and oxygen atoms in total. The van der Waals surface area contributed by atoms with Crippen LogP contribution in [-0.2, 0) is 32.2 Å². The Kier molecular flexibility index (Phi) is 6.70. The molecule has 2 aliphatic heterocycles. The monoisotopic (exact) mass is 533 g/mol. The van der Waals surface area contributed by atoms with Gasteiger partial charge in [-0.1, -0.05) is 35.9 Å². The van der Waals surface area contributed by atoms with Crippen LogP contribution in [0, 0.1) is 0 Å². The molecule has 190 valence electrons. The maximum atomic E-state index is 15.1. The highest BCUT2D eigenvalue weighted by molar-refractivity contribution is 6.53. The summed E-state index contributed by atoms with van der Waals surface area (Å²) in [7, 11) is 9.66. The highest BCUT2D eigenvalue weighted by Crippen LogP contribution is 2.40. The molecule has 0 aliphatic carbocycles. The van der Waals surface area contributed by atoms with Gasteiger partial charge in [-0.05, 0) is 46.3 Å². The predicted octanol–water partition coefficient (Wildman–Crippen LogP) is -3.40. The maximum absolute atomic E-state index is 15.1. The number of hydrogen-bond acceptors (Lipinski definition) is 4. The van der Waals surface area contributed by atoms with Crippen LogP contribution in [-0.4, -0.2) is 86.0 Å². The highest BCUT2D eigenvalue weighted by atomic mass is 35.5. The van der Waals surface area contributed by atoms with Crippen LogP contribution in [0.5, 0.6) is 0 Å². The highest BCUT2D eigenvalue weighted by Gasteiger charge is 2.54. The molecular weight excluding hydrogens is 509 g/mol. The minimum Gasteiger partial charge on any atom is -0.393 e. The number of nitrogens with one attached hydrogen (secondary N) is 1. The molecule has 0 aromatic heterocycles. The SMILES string of the molecule is BN(C(=O)C(F)(F)c1ccc(Cl)cc1)C(B)(B)c1ccc2c(c1)CN([C@@]1(B)CC(B)(B)C(=O)NC1=O)C2=O. The Morgan fingerprint density at radius 2 is 1.58 bits per heavy atom. The van der Waals surface area contributed by atoms with Crippen molar-refractivity contribution in [3.63, 3.8) is 0 Å². The molecule has 4 amide bonds. The molecule has 1 N–H and O–H groups in total. The first-order valence-corrected chi connectivity index (χ1v) is 12.5. The zero-order valence-corrected chi connectivity index (χ0v) is 22.9. The van der Waals surface area contributed by atoms with E-state index in [4.69, 9.17) is 11.6 Å². The van der Waals surface area contributed by atoms with Crippen LogP contribution in [0.1, 0.15) is 33.5 Å². The fourth-order valence-electron chi connectivity index (χ4n) is 5.19. The molecule has 1 fully saturated rings. The zero-order valence-electron chi connectivity index (χ0n) is 22.1. The van der Waals surface area contributed by atoms with Crippen LogP contribution < -0.4 is 5.32 Å². The lowest BCUT2D eigenvalue weighted by Gasteiger charge is -2.46. The van der Waals surface area contributed by atoms with E-state index >= 15 is 8.78 Å². The number of imide groups is 1. The molecule has 0 unspecified atom stereocenters. The number of nitrogens with zero attached hydrogens (tertiary/aromatic N) is 2. The third kappa shape index (κ3) is 4.38. The van der Waals surface area contributed by atoms with Crippen LogP contribution >= 0.6 is 11.6 Å². The van der Waals surface area contributed by atoms with E-state index in [0.29, 0.717) is 16.7 Å². The summed E-state index contributed by atoms with van der Waals surface area (Å²) >= 11 is 5.81. The van der Waals surface area contributed by atoms with Gasteiger partial charge in [-0.15, -0.1) is 0 Å². The first-order valence-electron chi connectivity index (χ1n) is 12.2. The number of fused-ring (bicyclic) bond motifs is 1. The summed E-state index contributed by atoms with van der Waals surface area (Å²) in [5.41, 5.74) is -0.188. The minimum atomic E-state index is -3.78. The van der Waals surface area contributed by atoms with Crippen molar-refractivity contribution in [1.29, 1.82) is 0 Å². The van der Waals surface area contributed by atoms with Gasteiger partial charge in [-0.2, -0.15) is 8.78 Å². The van der Waals surface area contributed by atoms with Crippen molar-refractivity contribution in [3.8, 4) is 0 Å². The van der Waals surface area contributed by atoms with Gasteiger partial charge in [0.25, 0.3) is 11.8 Å². The number of benzene rings is 2. The van der Waals surface area contributed by atoms with Crippen LogP contribution in [0.15, 0.2) is 42.5 Å². The third-order valence-electron chi connectivity index (χ3n) is 7.95. The fraction of sp³-hybridized carbons (Fsp3) is 0.273. The minimum absolute atomic E-state index is 0.102. The number of hydrogen-bond donors (Lipinski definition) is 1. The van der Waals surface area contributed by atoms with E-state index in [9.17, 15) is 19.2 Å². The summed E-state index contributed by atoms with van der Waals surface area (Å²) in [6.07, 6.45) is 0.153. The lowest BCUT2D eigenvalue weighted by atomic mass is 9.45. The molecule has 38 heavy (non-hydrogen) atoms. The fourth-order valence-corrected chi connectivity index (χ4v) is 5.31. The summed E-state index contributed by atoms with van der Waals surface area (Å²) in [6, 6.07) is 9.76. The normalized spacial score (nSPS) is 21.1. The summed E-state index contributed by atoms with van der Waals surface area (Å²) in [4.78, 5) is 53.9. The van der Waals surface area contributed by atoms with Crippen molar-refractivity contribution < 1.29 is 28.0 Å². The molecule has 0 spiro atoms. The molecule has 16 heteroatoms. The van der Waals surface area contributed by atoms with Gasteiger partial charge in [-0.25, -0.2) is 0 Å². The Labute approximate surface area is 229 Å². The summed E-state index contributed by atoms with van der Waals surface area (Å²) < 4.78 is 30.3. The van der Waals surface area contributed by atoms with Gasteiger partial charge in [0.2, 0.25) is 19.8 Å². The van der Waals surface area contributed by atoms with Gasteiger partial charge in [0.15, 0.2) is 0 Å². The number of carbonyl (C=O) groups excluding carboxylic acids is 4. The van der Waals surface area contributed by atoms with Crippen molar-refractivity contribution in [2.45, 2.75) is 34.9 Å². The van der Waals surface area contributed by atoms with Gasteiger partial charge in [0.1, 0.15) is 39.2 Å². The van der Waals surface area contributed by atoms with Crippen molar-refractivity contribution in [3.05, 3.63) is 69.7 Å². The van der Waals surface area contributed by atoms with Crippen LogP contribution in [0.25, 0.3) is 0 Å². The Hall–Kier alpha value is -2.94. The van der Waals surface area contributed by atoms with Crippen molar-refractivity contribution >= 4 is 82.4 Å². The van der Waals surface area contributed by atoms with Crippen LogP contribution in [0.4, 0.5) is 8.78 Å². The molecule has 4 rings (SSSR count). The van der Waals surface area contributed by atoms with E-state index in [1.165, 1.54) is 25.0 Å². The molecule has 2 aromatic carbocycles. The second kappa shape index (κ2) is 9.07. The quantitative estimate of drug-likeness (QED) is 0.321. The van der Waals surface area contributed by atoms with Gasteiger partial charge < -0.3 is 9.71 Å². The number of carbonyl (C=O) groups is 4. The van der Waals surface area contributed by atoms with E-state index in [0.717, 1.165) is 16.9 Å². The number of piperidine rings is 1. The smallest absolute Gasteiger partial charge is 0.348 e. The summed E-state index contributed by atoms with van der Waals surface area (Å²) in [5.74, 6) is -6.46. The molecule has 0 bridgehead atoms. The van der Waals surface area contributed by atoms with Crippen molar-refractivity contribution in [2.75, 3.05) is 0 Å². The summed E-state index contributed by atoms with van der Waals surface area (Å²) in [6.45, 7) is 0.102. The Bertz CT molecular complexity index is 1380. The largest absolute Gasteiger partial charge is 0.393 e. The maximum Gasteiger partial charge on any atom is 0.348 e. The van der Waals surface area contributed by atoms with E-state index < -0.39 is 45.2 Å². The van der Waals surface area contributed by atoms with Crippen molar-refractivity contribution in [2.24, 2.45) is 0 Å². The zero-order chi connectivity index (χ0) is 28.4. The third-order valence-corrected chi connectivity index (χ3v) is 8.20. The number of halogens is 3. The second-order valence-electron chi connectivity index (χ2n) is 11.4. The van der Waals surface area contributed by atoms with Gasteiger partial charge in [-0.3, -0.25) is 24.5 Å². The Morgan fingerprint density at radius 3 is 2.18 bits per heavy atom. The van der Waals surface area contributed by atoms with Gasteiger partial charge in [0.05, 0.1) is 5.44 Å². The van der Waals surface area contributed by atoms with Gasteiger partial charge >= 0.3 is 5.92 Å². The lowest BCUT2D eigenvalue weighted by molar-refractivity contribution is -0.155. The molecular formula is C22H24B6ClF2N3O4. The molecule has 1 saturated heterocycles. The molecule has 2 aliphatic rings. The molecule has 1 atom stereocenters. The van der Waals surface area contributed by atoms with E-state index in [1.54, 1.807) is 57.4 Å². The molecule has 2 heterocycles. The second-order valence-corrected chi connectivity index (χ2v) is 11.8. The predicted molar refractivity (Wildman–Crippen MR) is 155 cm³/mol. The average molecular weight is 533 g/mol. The Morgan fingerprint density at radius 1 is 1.00 bits per heavy atom. The Balaban J connectivity index is 1.62. The number of alkyl halides is 2. The van der Waals surface area contributed by atoms with Crippen LogP contribution in [0.2, 0.25) is 10.2 Å². The first kappa shape index (κ1) is 28.1. The average Bonchev–Trinajstić information content (AvgIpc) is 3.18.